The number of nitrogens with two attached hydrogens (primary N) is 1. The van der Waals surface area contributed by atoms with E-state index in [4.69, 9.17) is 5.73 Å². The van der Waals surface area contributed by atoms with Crippen LogP contribution in [0.3, 0.4) is 0 Å². The number of nitrogens with one attached hydrogen (secondary N) is 3. The number of amides is 3. The molecular formula is C15H17N5O2. The van der Waals surface area contributed by atoms with Crippen molar-refractivity contribution in [1.29, 1.82) is 0 Å². The Morgan fingerprint density at radius 3 is 2.73 bits per heavy atom. The second-order valence-corrected chi connectivity index (χ2v) is 4.52. The van der Waals surface area contributed by atoms with Crippen molar-refractivity contribution < 1.29 is 9.59 Å². The van der Waals surface area contributed by atoms with Crippen molar-refractivity contribution in [3.63, 3.8) is 0 Å². The van der Waals surface area contributed by atoms with Gasteiger partial charge in [-0.1, -0.05) is 12.1 Å². The normalized spacial score (nSPS) is 9.86. The molecule has 114 valence electrons. The van der Waals surface area contributed by atoms with Gasteiger partial charge in [0, 0.05) is 25.5 Å². The number of urea groups is 1. The summed E-state index contributed by atoms with van der Waals surface area (Å²) in [4.78, 5) is 26.7. The zero-order valence-electron chi connectivity index (χ0n) is 12.1. The van der Waals surface area contributed by atoms with E-state index in [1.54, 1.807) is 30.5 Å². The molecule has 0 radical (unpaired) electrons. The molecule has 0 bridgehead atoms. The molecule has 7 heteroatoms. The van der Waals surface area contributed by atoms with Gasteiger partial charge in [-0.2, -0.15) is 0 Å². The average Bonchev–Trinajstić information content (AvgIpc) is 2.53. The lowest BCUT2D eigenvalue weighted by Gasteiger charge is -2.11. The Kier molecular flexibility index (Phi) is 4.92. The topological polar surface area (TPSA) is 109 Å². The second kappa shape index (κ2) is 7.07. The smallest absolute Gasteiger partial charge is 0.320 e. The third-order valence-corrected chi connectivity index (χ3v) is 2.97. The van der Waals surface area contributed by atoms with Gasteiger partial charge in [-0.15, -0.1) is 0 Å². The number of benzene rings is 1. The lowest BCUT2D eigenvalue weighted by molar-refractivity contribution is 0.100. The summed E-state index contributed by atoms with van der Waals surface area (Å²) in [5.74, 6) is -0.0402. The van der Waals surface area contributed by atoms with Crippen LogP contribution in [0.25, 0.3) is 0 Å². The molecule has 5 N–H and O–H groups in total. The summed E-state index contributed by atoms with van der Waals surface area (Å²) in [6, 6.07) is 10.2. The molecule has 0 aliphatic rings. The number of rotatable bonds is 5. The van der Waals surface area contributed by atoms with Gasteiger partial charge in [0.2, 0.25) is 0 Å². The molecule has 22 heavy (non-hydrogen) atoms. The minimum Gasteiger partial charge on any atom is -0.380 e. The van der Waals surface area contributed by atoms with Crippen molar-refractivity contribution in [2.75, 3.05) is 17.7 Å². The summed E-state index contributed by atoms with van der Waals surface area (Å²) >= 11 is 0. The van der Waals surface area contributed by atoms with E-state index in [2.05, 4.69) is 20.9 Å². The fraction of sp³-hybridized carbons (Fsp3) is 0.133. The zero-order valence-corrected chi connectivity index (χ0v) is 12.1. The Hall–Kier alpha value is -3.09. The van der Waals surface area contributed by atoms with E-state index < -0.39 is 5.91 Å². The first kappa shape index (κ1) is 15.3. The number of nitrogens with zero attached hydrogens (tertiary/aromatic N) is 1. The molecule has 0 spiro atoms. The lowest BCUT2D eigenvalue weighted by Crippen LogP contribution is -2.25. The van der Waals surface area contributed by atoms with Crippen LogP contribution in [0.1, 0.15) is 15.9 Å². The van der Waals surface area contributed by atoms with Gasteiger partial charge in [-0.3, -0.25) is 10.1 Å². The Morgan fingerprint density at radius 2 is 2.00 bits per heavy atom. The summed E-state index contributed by atoms with van der Waals surface area (Å²) < 4.78 is 0. The number of hydrogen-bond acceptors (Lipinski definition) is 4. The van der Waals surface area contributed by atoms with Gasteiger partial charge < -0.3 is 16.4 Å². The van der Waals surface area contributed by atoms with Crippen molar-refractivity contribution in [3.8, 4) is 0 Å². The molecule has 0 atom stereocenters. The molecule has 0 saturated carbocycles. The molecule has 3 amide bonds. The van der Waals surface area contributed by atoms with Crippen LogP contribution in [0.4, 0.5) is 16.3 Å². The Labute approximate surface area is 127 Å². The molecule has 0 unspecified atom stereocenters. The van der Waals surface area contributed by atoms with Gasteiger partial charge in [-0.25, -0.2) is 9.78 Å². The van der Waals surface area contributed by atoms with Crippen molar-refractivity contribution >= 4 is 23.4 Å². The number of primary amides is 1. The fourth-order valence-electron chi connectivity index (χ4n) is 1.88. The molecule has 2 rings (SSSR count). The highest BCUT2D eigenvalue weighted by atomic mass is 16.2. The van der Waals surface area contributed by atoms with Gasteiger partial charge in [0.15, 0.2) is 0 Å². The van der Waals surface area contributed by atoms with Crippen molar-refractivity contribution in [2.45, 2.75) is 6.54 Å². The van der Waals surface area contributed by atoms with Crippen LogP contribution in [0, 0.1) is 0 Å². The first-order chi connectivity index (χ1) is 10.6. The van der Waals surface area contributed by atoms with E-state index in [1.807, 2.05) is 12.1 Å². The number of para-hydroxylation sites is 1. The van der Waals surface area contributed by atoms with Crippen LogP contribution >= 0.6 is 0 Å². The van der Waals surface area contributed by atoms with E-state index in [9.17, 15) is 9.59 Å². The van der Waals surface area contributed by atoms with Crippen LogP contribution in [0.15, 0.2) is 42.6 Å². The summed E-state index contributed by atoms with van der Waals surface area (Å²) in [5.41, 5.74) is 7.33. The minimum absolute atomic E-state index is 0.336. The quantitative estimate of drug-likeness (QED) is 0.671. The highest BCUT2D eigenvalue weighted by molar-refractivity contribution is 5.98. The molecule has 2 aromatic rings. The first-order valence-corrected chi connectivity index (χ1v) is 6.66. The fourth-order valence-corrected chi connectivity index (χ4v) is 1.88. The Balaban J connectivity index is 2.07. The van der Waals surface area contributed by atoms with E-state index >= 15 is 0 Å². The standard InChI is InChI=1S/C15H17N5O2/c1-17-15(22)20-13-8-10(6-7-18-13)9-19-12-5-3-2-4-11(12)14(16)21/h2-8,19H,9H2,1H3,(H2,16,21)(H2,17,18,20,22). The van der Waals surface area contributed by atoms with Crippen LogP contribution in [-0.2, 0) is 6.54 Å². The second-order valence-electron chi connectivity index (χ2n) is 4.52. The summed E-state index contributed by atoms with van der Waals surface area (Å²) in [6.07, 6.45) is 1.60. The van der Waals surface area contributed by atoms with Gasteiger partial charge in [0.1, 0.15) is 5.82 Å². The largest absolute Gasteiger partial charge is 0.380 e. The van der Waals surface area contributed by atoms with E-state index in [-0.39, 0.29) is 6.03 Å². The van der Waals surface area contributed by atoms with Crippen molar-refractivity contribution in [2.24, 2.45) is 5.73 Å². The van der Waals surface area contributed by atoms with Gasteiger partial charge in [0.25, 0.3) is 5.91 Å². The third kappa shape index (κ3) is 3.95. The average molecular weight is 299 g/mol. The molecule has 7 nitrogen and oxygen atoms in total. The minimum atomic E-state index is -0.486. The maximum absolute atomic E-state index is 11.4. The van der Waals surface area contributed by atoms with Crippen LogP contribution in [0.2, 0.25) is 0 Å². The zero-order chi connectivity index (χ0) is 15.9. The van der Waals surface area contributed by atoms with E-state index in [1.165, 1.54) is 7.05 Å². The number of carbonyl (C=O) groups excluding carboxylic acids is 2. The van der Waals surface area contributed by atoms with Crippen LogP contribution in [0.5, 0.6) is 0 Å². The summed E-state index contributed by atoms with van der Waals surface area (Å²) in [5, 5.41) is 8.20. The van der Waals surface area contributed by atoms with Crippen molar-refractivity contribution in [1.82, 2.24) is 10.3 Å². The maximum atomic E-state index is 11.4. The molecule has 1 heterocycles. The molecule has 1 aromatic carbocycles. The van der Waals surface area contributed by atoms with Gasteiger partial charge in [-0.05, 0) is 29.8 Å². The number of hydrogen-bond donors (Lipinski definition) is 4. The number of pyridine rings is 1. The van der Waals surface area contributed by atoms with Gasteiger partial charge in [0.05, 0.1) is 5.56 Å². The molecular weight excluding hydrogens is 282 g/mol. The summed E-state index contributed by atoms with van der Waals surface area (Å²) in [7, 11) is 1.53. The highest BCUT2D eigenvalue weighted by Crippen LogP contribution is 2.16. The number of aromatic nitrogens is 1. The highest BCUT2D eigenvalue weighted by Gasteiger charge is 2.07. The van der Waals surface area contributed by atoms with Gasteiger partial charge >= 0.3 is 6.03 Å². The summed E-state index contributed by atoms with van der Waals surface area (Å²) in [6.45, 7) is 0.467. The SMILES string of the molecule is CNC(=O)Nc1cc(CNc2ccccc2C(N)=O)ccn1. The van der Waals surface area contributed by atoms with E-state index in [0.29, 0.717) is 23.6 Å². The van der Waals surface area contributed by atoms with Crippen LogP contribution in [-0.4, -0.2) is 24.0 Å². The number of carbonyl (C=O) groups is 2. The van der Waals surface area contributed by atoms with Crippen molar-refractivity contribution in [3.05, 3.63) is 53.7 Å². The predicted molar refractivity (Wildman–Crippen MR) is 84.6 cm³/mol. The molecule has 0 aliphatic carbocycles. The first-order valence-electron chi connectivity index (χ1n) is 6.66. The Morgan fingerprint density at radius 1 is 1.23 bits per heavy atom. The molecule has 1 aromatic heterocycles. The maximum Gasteiger partial charge on any atom is 0.320 e. The molecule has 0 aliphatic heterocycles. The predicted octanol–water partition coefficient (Wildman–Crippen LogP) is 1.54. The van der Waals surface area contributed by atoms with E-state index in [0.717, 1.165) is 5.56 Å². The Bertz CT molecular complexity index is 687. The molecule has 0 saturated heterocycles. The third-order valence-electron chi connectivity index (χ3n) is 2.97. The number of anilines is 2. The lowest BCUT2D eigenvalue weighted by atomic mass is 10.1. The molecule has 0 fully saturated rings. The van der Waals surface area contributed by atoms with Crippen LogP contribution < -0.4 is 21.7 Å². The monoisotopic (exact) mass is 299 g/mol.